The zero-order valence-corrected chi connectivity index (χ0v) is 7.04. The molecule has 1 aromatic rings. The predicted octanol–water partition coefficient (Wildman–Crippen LogP) is 0.475. The molecule has 4 nitrogen and oxygen atoms in total. The van der Waals surface area contributed by atoms with Crippen molar-refractivity contribution in [2.75, 3.05) is 0 Å². The molecule has 1 atom stereocenters. The number of hydrogen-bond donors (Lipinski definition) is 0. The normalized spacial score (nSPS) is 22.1. The van der Waals surface area contributed by atoms with E-state index in [9.17, 15) is 18.3 Å². The molecule has 0 spiro atoms. The van der Waals surface area contributed by atoms with Gasteiger partial charge in [-0.15, -0.1) is 0 Å². The summed E-state index contributed by atoms with van der Waals surface area (Å²) in [6, 6.07) is 0. The van der Waals surface area contributed by atoms with Crippen molar-refractivity contribution in [3.05, 3.63) is 5.69 Å². The fourth-order valence-corrected chi connectivity index (χ4v) is 1.67. The average Bonchev–Trinajstić information content (AvgIpc) is 2.46. The van der Waals surface area contributed by atoms with Crippen LogP contribution >= 0.6 is 0 Å². The van der Waals surface area contributed by atoms with Crippen molar-refractivity contribution in [3.8, 4) is 5.95 Å². The first-order chi connectivity index (χ1) is 6.50. The maximum atomic E-state index is 12.5. The Bertz CT molecular complexity index is 347. The Morgan fingerprint density at radius 3 is 2.86 bits per heavy atom. The summed E-state index contributed by atoms with van der Waals surface area (Å²) in [5, 5.41) is 14.2. The fourth-order valence-electron chi connectivity index (χ4n) is 1.67. The summed E-state index contributed by atoms with van der Waals surface area (Å²) in [5.41, 5.74) is -0.372. The van der Waals surface area contributed by atoms with E-state index >= 15 is 0 Å². The summed E-state index contributed by atoms with van der Waals surface area (Å²) < 4.78 is 42.6. The van der Waals surface area contributed by atoms with E-state index in [2.05, 4.69) is 9.79 Å². The number of fused-ring (bicyclic) bond motifs is 1. The number of nitrogens with zero attached hydrogens (tertiary/aromatic N) is 2. The van der Waals surface area contributed by atoms with Gasteiger partial charge in [0.15, 0.2) is 12.5 Å². The van der Waals surface area contributed by atoms with E-state index in [1.54, 1.807) is 0 Å². The van der Waals surface area contributed by atoms with Crippen LogP contribution in [0.2, 0.25) is 0 Å². The third-order valence-corrected chi connectivity index (χ3v) is 2.30. The molecule has 0 saturated heterocycles. The Balaban J connectivity index is 2.44. The van der Waals surface area contributed by atoms with Crippen molar-refractivity contribution in [2.24, 2.45) is 0 Å². The van der Waals surface area contributed by atoms with Crippen LogP contribution in [-0.4, -0.2) is 11.4 Å². The highest BCUT2D eigenvalue weighted by Gasteiger charge is 2.49. The number of rotatable bonds is 0. The van der Waals surface area contributed by atoms with Gasteiger partial charge in [0.1, 0.15) is 5.92 Å². The second-order valence-corrected chi connectivity index (χ2v) is 3.21. The molecule has 14 heavy (non-hydrogen) atoms. The lowest BCUT2D eigenvalue weighted by molar-refractivity contribution is -0.775. The van der Waals surface area contributed by atoms with E-state index in [0.29, 0.717) is 13.0 Å². The summed E-state index contributed by atoms with van der Waals surface area (Å²) in [5.74, 6) is -2.71. The van der Waals surface area contributed by atoms with E-state index in [1.165, 1.54) is 0 Å². The number of halogens is 3. The minimum atomic E-state index is -4.40. The van der Waals surface area contributed by atoms with Crippen LogP contribution in [0.3, 0.4) is 0 Å². The van der Waals surface area contributed by atoms with Crippen LogP contribution in [0, 0.1) is 0 Å². The van der Waals surface area contributed by atoms with Crippen LogP contribution < -0.4 is 9.79 Å². The molecule has 0 aromatic carbocycles. The van der Waals surface area contributed by atoms with Gasteiger partial charge >= 0.3 is 6.18 Å². The molecule has 78 valence electrons. The van der Waals surface area contributed by atoms with Crippen molar-refractivity contribution in [1.29, 1.82) is 0 Å². The minimum absolute atomic E-state index is 0.0695. The second-order valence-electron chi connectivity index (χ2n) is 3.21. The maximum absolute atomic E-state index is 12.5. The number of aryl methyl sites for hydroxylation is 1. The van der Waals surface area contributed by atoms with Gasteiger partial charge in [-0.1, -0.05) is 4.68 Å². The number of aromatic nitrogens is 2. The van der Waals surface area contributed by atoms with Gasteiger partial charge in [-0.2, -0.15) is 13.2 Å². The zero-order chi connectivity index (χ0) is 10.3. The van der Waals surface area contributed by atoms with Gasteiger partial charge in [-0.3, -0.25) is 0 Å². The van der Waals surface area contributed by atoms with Crippen molar-refractivity contribution >= 4 is 0 Å². The Morgan fingerprint density at radius 2 is 2.21 bits per heavy atom. The molecule has 0 fully saturated rings. The molecule has 0 aliphatic carbocycles. The summed E-state index contributed by atoms with van der Waals surface area (Å²) in [4.78, 5) is 0. The molecule has 1 unspecified atom stereocenters. The van der Waals surface area contributed by atoms with Crippen molar-refractivity contribution in [2.45, 2.75) is 31.5 Å². The molecule has 7 heteroatoms. The molecule has 0 radical (unpaired) electrons. The molecule has 0 amide bonds. The fraction of sp³-hybridized carbons (Fsp3) is 0.714. The molecule has 2 rings (SSSR count). The lowest BCUT2D eigenvalue weighted by Gasteiger charge is -2.19. The van der Waals surface area contributed by atoms with Gasteiger partial charge in [0.2, 0.25) is 5.69 Å². The maximum Gasteiger partial charge on any atom is 0.401 e. The highest BCUT2D eigenvalue weighted by atomic mass is 19.4. The van der Waals surface area contributed by atoms with Crippen molar-refractivity contribution in [3.63, 3.8) is 0 Å². The smallest absolute Gasteiger partial charge is 0.401 e. The van der Waals surface area contributed by atoms with E-state index in [-0.39, 0.29) is 12.1 Å². The summed E-state index contributed by atoms with van der Waals surface area (Å²) in [6.07, 6.45) is -4.11. The molecule has 1 aliphatic rings. The average molecular weight is 208 g/mol. The van der Waals surface area contributed by atoms with Crippen molar-refractivity contribution in [1.82, 2.24) is 5.27 Å². The molecule has 0 bridgehead atoms. The minimum Gasteiger partial charge on any atom is -0.539 e. The van der Waals surface area contributed by atoms with E-state index < -0.39 is 18.0 Å². The van der Waals surface area contributed by atoms with Gasteiger partial charge in [0.25, 0.3) is 0 Å². The Morgan fingerprint density at radius 1 is 1.50 bits per heavy atom. The second kappa shape index (κ2) is 2.86. The Kier molecular flexibility index (Phi) is 1.90. The summed E-state index contributed by atoms with van der Waals surface area (Å²) in [6.45, 7) is 0.313. The Labute approximate surface area is 76.9 Å². The van der Waals surface area contributed by atoms with Crippen molar-refractivity contribution < 1.29 is 27.5 Å². The number of alkyl halides is 3. The molecule has 0 saturated carbocycles. The molecule has 1 aromatic heterocycles. The largest absolute Gasteiger partial charge is 0.539 e. The van der Waals surface area contributed by atoms with Crippen LogP contribution in [-0.2, 0) is 6.54 Å². The van der Waals surface area contributed by atoms with E-state index in [4.69, 9.17) is 0 Å². The first-order valence-corrected chi connectivity index (χ1v) is 4.13. The van der Waals surface area contributed by atoms with E-state index in [1.807, 2.05) is 0 Å². The first kappa shape index (κ1) is 9.29. The number of hydrogen-bond acceptors (Lipinski definition) is 3. The zero-order valence-electron chi connectivity index (χ0n) is 7.04. The molecule has 0 N–H and O–H groups in total. The van der Waals surface area contributed by atoms with Crippen LogP contribution in [0.5, 0.6) is 5.95 Å². The lowest BCUT2D eigenvalue weighted by Crippen LogP contribution is -2.46. The Hall–Kier alpha value is -1.27. The molecular formula is C7H7F3N2O2. The van der Waals surface area contributed by atoms with Crippen LogP contribution in [0.4, 0.5) is 13.2 Å². The van der Waals surface area contributed by atoms with Gasteiger partial charge in [0.05, 0.1) is 5.27 Å². The standard InChI is InChI=1S/C7H7F3N2O2/c8-7(9,10)4-2-1-3-12-5(4)6(13)14-11-12/h4H,1-3H2. The van der Waals surface area contributed by atoms with Crippen LogP contribution in [0.25, 0.3) is 0 Å². The third-order valence-electron chi connectivity index (χ3n) is 2.30. The molecule has 1 aliphatic heterocycles. The van der Waals surface area contributed by atoms with Gasteiger partial charge < -0.3 is 9.63 Å². The monoisotopic (exact) mass is 208 g/mol. The topological polar surface area (TPSA) is 53.0 Å². The predicted molar refractivity (Wildman–Crippen MR) is 34.2 cm³/mol. The summed E-state index contributed by atoms with van der Waals surface area (Å²) in [7, 11) is 0. The highest BCUT2D eigenvalue weighted by molar-refractivity contribution is 5.13. The first-order valence-electron chi connectivity index (χ1n) is 4.13. The van der Waals surface area contributed by atoms with Gasteiger partial charge in [-0.05, 0) is 6.42 Å². The highest BCUT2D eigenvalue weighted by Crippen LogP contribution is 2.40. The molecule has 2 heterocycles. The molecular weight excluding hydrogens is 201 g/mol. The third kappa shape index (κ3) is 1.32. The van der Waals surface area contributed by atoms with Gasteiger partial charge in [-0.25, -0.2) is 0 Å². The lowest BCUT2D eigenvalue weighted by atomic mass is 9.96. The summed E-state index contributed by atoms with van der Waals surface area (Å²) >= 11 is 0. The van der Waals surface area contributed by atoms with Crippen LogP contribution in [0.15, 0.2) is 4.52 Å². The van der Waals surface area contributed by atoms with Crippen LogP contribution in [0.1, 0.15) is 24.5 Å². The SMILES string of the molecule is [O-]c1on[n+]2c1C(C(F)(F)F)CCC2. The quantitative estimate of drug-likeness (QED) is 0.582. The van der Waals surface area contributed by atoms with E-state index in [0.717, 1.165) is 4.68 Å². The van der Waals surface area contributed by atoms with Gasteiger partial charge in [0, 0.05) is 6.42 Å².